The lowest BCUT2D eigenvalue weighted by Crippen LogP contribution is -2.61. The van der Waals surface area contributed by atoms with Crippen LogP contribution in [0.3, 0.4) is 0 Å². The van der Waals surface area contributed by atoms with Crippen molar-refractivity contribution in [2.45, 2.75) is 231 Å². The number of ether oxygens (including phenoxy) is 11. The molecule has 3 fully saturated rings. The Balaban J connectivity index is 0.773. The van der Waals surface area contributed by atoms with Crippen LogP contribution in [0.25, 0.3) is 11.0 Å². The van der Waals surface area contributed by atoms with E-state index in [0.717, 1.165) is 53.7 Å². The van der Waals surface area contributed by atoms with E-state index in [4.69, 9.17) is 63.6 Å². The number of nitrogen functional groups attached to an aromatic ring is 1. The van der Waals surface area contributed by atoms with Crippen molar-refractivity contribution in [3.63, 3.8) is 0 Å². The number of ketones is 3. The summed E-state index contributed by atoms with van der Waals surface area (Å²) < 4.78 is 68.0. The summed E-state index contributed by atoms with van der Waals surface area (Å²) in [6, 6.07) is -2.12. The van der Waals surface area contributed by atoms with Crippen molar-refractivity contribution in [3.05, 3.63) is 72.0 Å². The van der Waals surface area contributed by atoms with E-state index in [0.29, 0.717) is 175 Å². The van der Waals surface area contributed by atoms with E-state index >= 15 is 0 Å². The third-order valence-corrected chi connectivity index (χ3v) is 21.1. The van der Waals surface area contributed by atoms with Gasteiger partial charge in [0.2, 0.25) is 11.7 Å². The number of aromatic nitrogens is 7. The largest absolute Gasteiger partial charge is 0.459 e. The molecule has 2 bridgehead atoms. The van der Waals surface area contributed by atoms with Crippen LogP contribution in [0.2, 0.25) is 0 Å². The highest BCUT2D eigenvalue weighted by Crippen LogP contribution is 2.38. The Morgan fingerprint density at radius 1 is 0.745 bits per heavy atom. The second-order valence-electron chi connectivity index (χ2n) is 29.7. The zero-order chi connectivity index (χ0) is 79.4. The molecule has 3 aliphatic heterocycles. The number of nitrogens with one attached hydrogen (secondary N) is 1. The molecule has 1 aliphatic carbocycles. The number of allylic oxidation sites excluding steroid dienone is 6. The molecule has 4 aliphatic rings. The van der Waals surface area contributed by atoms with Gasteiger partial charge in [0, 0.05) is 89.7 Å². The smallest absolute Gasteiger partial charge is 0.329 e. The van der Waals surface area contributed by atoms with Crippen LogP contribution in [-0.2, 0) is 100 Å². The van der Waals surface area contributed by atoms with Crippen molar-refractivity contribution >= 4 is 52.0 Å². The Morgan fingerprint density at radius 3 is 2.15 bits per heavy atom. The highest BCUT2D eigenvalue weighted by molar-refractivity contribution is 6.39. The van der Waals surface area contributed by atoms with Gasteiger partial charge < -0.3 is 89.1 Å². The number of anilines is 1. The predicted molar refractivity (Wildman–Crippen MR) is 407 cm³/mol. The van der Waals surface area contributed by atoms with E-state index in [9.17, 15) is 44.1 Å². The number of rotatable bonds is 37. The monoisotopic (exact) mass is 1550 g/mol. The summed E-state index contributed by atoms with van der Waals surface area (Å²) in [6.07, 6.45) is 18.6. The summed E-state index contributed by atoms with van der Waals surface area (Å²) in [5.41, 5.74) is 15.6. The summed E-state index contributed by atoms with van der Waals surface area (Å²) >= 11 is 0. The normalized spacial score (nSPS) is 28.7. The molecule has 31 heteroatoms. The molecule has 7 rings (SSSR count). The molecule has 110 heavy (non-hydrogen) atoms. The van der Waals surface area contributed by atoms with Crippen LogP contribution in [-0.4, -0.2) is 264 Å². The Kier molecular flexibility index (Phi) is 39.8. The average Bonchev–Trinajstić information content (AvgIpc) is 1.04. The van der Waals surface area contributed by atoms with Gasteiger partial charge in [-0.15, -0.1) is 5.10 Å². The van der Waals surface area contributed by atoms with Gasteiger partial charge in [0.05, 0.1) is 128 Å². The molecular weight excluding hydrogens is 1420 g/mol. The molecule has 31 nitrogen and oxygen atoms in total. The zero-order valence-electron chi connectivity index (χ0n) is 66.0. The lowest BCUT2D eigenvalue weighted by molar-refractivity contribution is -0.265. The van der Waals surface area contributed by atoms with Crippen LogP contribution in [0.1, 0.15) is 156 Å². The number of Topliss-reactive ketones (excluding diaryl/α,β-unsaturated/α-hetero) is 3. The number of aliphatic hydroxyl groups excluding tert-OH is 2. The number of hydrogen-bond acceptors (Lipinski definition) is 27. The third-order valence-electron chi connectivity index (χ3n) is 21.1. The Hall–Kier alpha value is -6.69. The van der Waals surface area contributed by atoms with Crippen molar-refractivity contribution < 1.29 is 96.2 Å². The van der Waals surface area contributed by atoms with Crippen molar-refractivity contribution in [2.24, 2.45) is 35.3 Å². The minimum Gasteiger partial charge on any atom is -0.459 e. The van der Waals surface area contributed by atoms with Gasteiger partial charge in [-0.1, -0.05) is 69.4 Å². The van der Waals surface area contributed by atoms with E-state index in [2.05, 4.69) is 30.7 Å². The molecule has 15 atom stereocenters. The number of aryl methyl sites for hydroxylation is 2. The molecule has 3 aromatic heterocycles. The minimum absolute atomic E-state index is 0.0235. The second kappa shape index (κ2) is 48.4. The van der Waals surface area contributed by atoms with Gasteiger partial charge in [-0.2, -0.15) is 5.10 Å². The number of hydrogen-bond donors (Lipinski definition) is 6. The number of nitrogens with two attached hydrogens (primary N) is 2. The fourth-order valence-electron chi connectivity index (χ4n) is 14.4. The number of esters is 1. The minimum atomic E-state index is -2.49. The molecule has 0 radical (unpaired) electrons. The molecule has 0 unspecified atom stereocenters. The van der Waals surface area contributed by atoms with Crippen LogP contribution in [0.4, 0.5) is 5.82 Å². The van der Waals surface area contributed by atoms with E-state index in [1.54, 1.807) is 50.6 Å². The van der Waals surface area contributed by atoms with Gasteiger partial charge in [0.1, 0.15) is 42.3 Å². The van der Waals surface area contributed by atoms with Crippen molar-refractivity contribution in [1.29, 1.82) is 0 Å². The number of fused-ring (bicyclic) bond motifs is 4. The number of piperidine rings is 1. The second-order valence-corrected chi connectivity index (χ2v) is 29.7. The number of carbonyl (C=O) groups excluding carboxylic acids is 6. The lowest BCUT2D eigenvalue weighted by atomic mass is 9.80. The molecule has 6 heterocycles. The van der Waals surface area contributed by atoms with Gasteiger partial charge in [-0.3, -0.25) is 24.0 Å². The fraction of sp³-hybridized carbons (Fsp3) is 0.734. The number of unbranched alkanes of at least 4 members (excludes halogenated alkanes) is 2. The van der Waals surface area contributed by atoms with Gasteiger partial charge in [-0.25, -0.2) is 24.1 Å². The molecule has 1 saturated carbocycles. The molecule has 3 aromatic rings. The summed E-state index contributed by atoms with van der Waals surface area (Å²) in [7, 11) is 3.20. The Labute approximate surface area is 647 Å². The van der Waals surface area contributed by atoms with Crippen molar-refractivity contribution in [3.8, 4) is 0 Å². The van der Waals surface area contributed by atoms with Crippen LogP contribution in [0.15, 0.2) is 66.3 Å². The van der Waals surface area contributed by atoms with Crippen molar-refractivity contribution in [1.82, 2.24) is 45.0 Å². The molecular formula is C79H125N11O20. The molecule has 616 valence electrons. The maximum Gasteiger partial charge on any atom is 0.329 e. The zero-order valence-corrected chi connectivity index (χ0v) is 66.0. The van der Waals surface area contributed by atoms with E-state index in [1.807, 2.05) is 50.4 Å². The highest BCUT2D eigenvalue weighted by atomic mass is 16.6. The molecule has 2 saturated heterocycles. The predicted octanol–water partition coefficient (Wildman–Crippen LogP) is 5.66. The van der Waals surface area contributed by atoms with Crippen LogP contribution < -0.4 is 16.8 Å². The van der Waals surface area contributed by atoms with Crippen molar-refractivity contribution in [2.75, 3.05) is 119 Å². The molecule has 2 amide bonds. The first-order chi connectivity index (χ1) is 53.0. The van der Waals surface area contributed by atoms with E-state index in [1.165, 1.54) is 19.3 Å². The number of amides is 2. The average molecular weight is 1550 g/mol. The Morgan fingerprint density at radius 2 is 1.45 bits per heavy atom. The molecule has 8 N–H and O–H groups in total. The fourth-order valence-corrected chi connectivity index (χ4v) is 14.4. The summed E-state index contributed by atoms with van der Waals surface area (Å²) in [5, 5.41) is 51.2. The van der Waals surface area contributed by atoms with E-state index in [-0.39, 0.29) is 67.8 Å². The van der Waals surface area contributed by atoms with E-state index < -0.39 is 95.4 Å². The maximum absolute atomic E-state index is 14.7. The quantitative estimate of drug-likeness (QED) is 0.0175. The first kappa shape index (κ1) is 90.5. The van der Waals surface area contributed by atoms with Crippen LogP contribution >= 0.6 is 0 Å². The van der Waals surface area contributed by atoms with Gasteiger partial charge in [-0.05, 0) is 133 Å². The SMILES string of the molecule is CO[C@H]1C[C@@H]2CC[C@@H](C)[C@@](O)(O2)C(=O)C(=O)N2CCCC[C@H]2C(=O)O[C@H]([C@H](N)C[C@@H]2CC[C@@H](OCCCCc3cn(CCOCCOCCOCCOCCOCCOCCC(=O)NCCCCn4ncc5c(N)ncnc54)nn3)[C@H](OC)C2)CC(=O)[C@H](C)/C=C(\C)[C@@H](O)[C@@H](O)C(=O)[C@H](C)C[C@H](C)/C=C/C=C/C=C/1C. The number of aliphatic hydroxyl groups is 3. The van der Waals surface area contributed by atoms with Gasteiger partial charge in [0.15, 0.2) is 11.4 Å². The summed E-state index contributed by atoms with van der Waals surface area (Å²) in [4.78, 5) is 93.0. The molecule has 0 aromatic carbocycles. The first-order valence-electron chi connectivity index (χ1n) is 39.6. The number of nitrogens with zero attached hydrogens (tertiary/aromatic N) is 8. The summed E-state index contributed by atoms with van der Waals surface area (Å²) in [6.45, 7) is 17.6. The topological polar surface area (TPSA) is 406 Å². The Bertz CT molecular complexity index is 3420. The summed E-state index contributed by atoms with van der Waals surface area (Å²) in [5.74, 6) is -8.52. The molecule has 0 spiro atoms. The standard InChI is InChI=1S/C79H125N11O20/c1-53-18-10-9-11-19-54(2)67(100-7)48-61-24-22-58(6)79(99,110-61)74(96)77(97)89-28-15-12-21-64(89)78(98)109-68(49-65(91)55(3)45-57(5)72(94)73(95)71(93)56(4)44-53)63(80)46-59-23-25-66(69(47-59)101-8)108-31-17-13-20-60-51-88(87-86-60)30-33-103-35-37-105-39-41-107-43-42-106-40-38-104-36-34-102-32-26-70(92)82-27-14-16-29-90-76-62(50-85-90)75(81)83-52-84-76/h9-11,18-19,45,50-53,55-56,58-59,61,63-64,66-69,72-73,94-95,99H,12-17,20-44,46-49,80H2,1-8H3,(H,82,92)(H2,81,83,84)/b11-9+,18-10+,54-19+,57-45+/t53-,55-,56-,58-,59+,61+,63-,64+,66-,67+,68+,69-,72-,73+,79-/m1/s1. The number of methoxy groups -OCH3 is 2. The number of cyclic esters (lactones) is 1. The highest BCUT2D eigenvalue weighted by Gasteiger charge is 2.53. The van der Waals surface area contributed by atoms with Gasteiger partial charge >= 0.3 is 5.97 Å². The number of carbonyl (C=O) groups is 6. The first-order valence-corrected chi connectivity index (χ1v) is 39.6. The van der Waals surface area contributed by atoms with Crippen LogP contribution in [0.5, 0.6) is 0 Å². The maximum atomic E-state index is 14.7. The lowest BCUT2D eigenvalue weighted by Gasteiger charge is -2.42. The van der Waals surface area contributed by atoms with Crippen LogP contribution in [0, 0.1) is 29.6 Å². The third kappa shape index (κ3) is 29.4. The van der Waals surface area contributed by atoms with Gasteiger partial charge in [0.25, 0.3) is 11.7 Å².